The highest BCUT2D eigenvalue weighted by molar-refractivity contribution is 4.52. The Morgan fingerprint density at radius 3 is 1.05 bits per heavy atom. The second-order valence-electron chi connectivity index (χ2n) is 6.33. The molecule has 0 spiro atoms. The van der Waals surface area contributed by atoms with Crippen LogP contribution in [0.3, 0.4) is 0 Å². The summed E-state index contributed by atoms with van der Waals surface area (Å²) in [7, 11) is 0. The molecule has 0 fully saturated rings. The van der Waals surface area contributed by atoms with Crippen LogP contribution >= 0.6 is 0 Å². The molecule has 3 nitrogen and oxygen atoms in total. The van der Waals surface area contributed by atoms with Crippen LogP contribution in [0.15, 0.2) is 0 Å². The van der Waals surface area contributed by atoms with E-state index in [1.165, 1.54) is 70.6 Å². The minimum atomic E-state index is -2.46. The topological polar surface area (TPSA) is 60.7 Å². The van der Waals surface area contributed by atoms with E-state index >= 15 is 0 Å². The normalized spacial score (nSPS) is 12.0. The van der Waals surface area contributed by atoms with Crippen molar-refractivity contribution in [1.29, 1.82) is 0 Å². The van der Waals surface area contributed by atoms with Crippen LogP contribution in [0.25, 0.3) is 0 Å². The standard InChI is InChI=1S/C18H37O3/c1-2-3-4-5-6-7-8-9-10-11-12-13-14-15-16-17-18(19,20)21/h19-21H,1-17H2. The zero-order valence-corrected chi connectivity index (χ0v) is 13.9. The third-order valence-corrected chi connectivity index (χ3v) is 4.01. The molecular weight excluding hydrogens is 264 g/mol. The predicted molar refractivity (Wildman–Crippen MR) is 88.6 cm³/mol. The Morgan fingerprint density at radius 1 is 0.476 bits per heavy atom. The molecule has 0 aliphatic carbocycles. The van der Waals surface area contributed by atoms with Gasteiger partial charge in [0, 0.05) is 6.42 Å². The summed E-state index contributed by atoms with van der Waals surface area (Å²) >= 11 is 0. The fourth-order valence-electron chi connectivity index (χ4n) is 2.66. The Kier molecular flexibility index (Phi) is 14.7. The van der Waals surface area contributed by atoms with E-state index < -0.39 is 5.97 Å². The SMILES string of the molecule is [CH2]CCCCCCCCCCCCCCCCC(O)(O)O. The minimum Gasteiger partial charge on any atom is -0.344 e. The van der Waals surface area contributed by atoms with Gasteiger partial charge < -0.3 is 15.3 Å². The lowest BCUT2D eigenvalue weighted by molar-refractivity contribution is -0.315. The molecule has 0 aromatic rings. The number of hydrogen-bond donors (Lipinski definition) is 3. The van der Waals surface area contributed by atoms with E-state index in [4.69, 9.17) is 15.3 Å². The van der Waals surface area contributed by atoms with Gasteiger partial charge in [0.15, 0.2) is 0 Å². The van der Waals surface area contributed by atoms with Crippen molar-refractivity contribution >= 4 is 0 Å². The van der Waals surface area contributed by atoms with Gasteiger partial charge in [-0.1, -0.05) is 96.8 Å². The van der Waals surface area contributed by atoms with Gasteiger partial charge in [-0.3, -0.25) is 0 Å². The van der Waals surface area contributed by atoms with Crippen molar-refractivity contribution < 1.29 is 15.3 Å². The Labute approximate surface area is 131 Å². The van der Waals surface area contributed by atoms with Gasteiger partial charge in [-0.25, -0.2) is 0 Å². The van der Waals surface area contributed by atoms with Crippen LogP contribution in [-0.4, -0.2) is 21.3 Å². The van der Waals surface area contributed by atoms with Crippen LogP contribution in [0.2, 0.25) is 0 Å². The number of unbranched alkanes of at least 4 members (excludes halogenated alkanes) is 14. The van der Waals surface area contributed by atoms with Crippen molar-refractivity contribution in [2.24, 2.45) is 0 Å². The van der Waals surface area contributed by atoms with E-state index in [1.54, 1.807) is 0 Å². The zero-order valence-electron chi connectivity index (χ0n) is 13.9. The molecule has 0 saturated heterocycles. The summed E-state index contributed by atoms with van der Waals surface area (Å²) in [5, 5.41) is 26.2. The number of rotatable bonds is 16. The first-order valence-electron chi connectivity index (χ1n) is 9.02. The Balaban J connectivity index is 3.00. The van der Waals surface area contributed by atoms with Crippen LogP contribution in [0.5, 0.6) is 0 Å². The molecule has 0 bridgehead atoms. The lowest BCUT2D eigenvalue weighted by atomic mass is 10.0. The van der Waals surface area contributed by atoms with Crippen LogP contribution in [0.1, 0.15) is 103 Å². The fourth-order valence-corrected chi connectivity index (χ4v) is 2.66. The first-order chi connectivity index (χ1) is 10.1. The Hall–Kier alpha value is -0.120. The van der Waals surface area contributed by atoms with Crippen LogP contribution in [0.4, 0.5) is 0 Å². The highest BCUT2D eigenvalue weighted by atomic mass is 16.7. The van der Waals surface area contributed by atoms with Gasteiger partial charge >= 0.3 is 0 Å². The molecule has 21 heavy (non-hydrogen) atoms. The van der Waals surface area contributed by atoms with Crippen LogP contribution in [0, 0.1) is 6.92 Å². The summed E-state index contributed by atoms with van der Waals surface area (Å²) in [5.74, 6) is -2.46. The molecule has 0 heterocycles. The lowest BCUT2D eigenvalue weighted by Gasteiger charge is -2.12. The predicted octanol–water partition coefficient (Wildman–Crippen LogP) is 4.69. The van der Waals surface area contributed by atoms with Crippen molar-refractivity contribution in [3.8, 4) is 0 Å². The van der Waals surface area contributed by atoms with Gasteiger partial charge in [0.25, 0.3) is 5.97 Å². The molecule has 3 heteroatoms. The molecule has 3 N–H and O–H groups in total. The smallest absolute Gasteiger partial charge is 0.275 e. The molecule has 0 aromatic heterocycles. The van der Waals surface area contributed by atoms with Crippen molar-refractivity contribution in [3.63, 3.8) is 0 Å². The molecule has 127 valence electrons. The van der Waals surface area contributed by atoms with Gasteiger partial charge in [-0.2, -0.15) is 0 Å². The van der Waals surface area contributed by atoms with Crippen LogP contribution in [-0.2, 0) is 0 Å². The van der Waals surface area contributed by atoms with E-state index in [-0.39, 0.29) is 6.42 Å². The summed E-state index contributed by atoms with van der Waals surface area (Å²) in [4.78, 5) is 0. The van der Waals surface area contributed by atoms with Crippen molar-refractivity contribution in [2.45, 2.75) is 109 Å². The molecular formula is C18H37O3. The average Bonchev–Trinajstić information content (AvgIpc) is 2.42. The highest BCUT2D eigenvalue weighted by Gasteiger charge is 2.16. The van der Waals surface area contributed by atoms with Crippen LogP contribution < -0.4 is 0 Å². The monoisotopic (exact) mass is 301 g/mol. The maximum absolute atomic E-state index is 8.73. The number of hydrogen-bond acceptors (Lipinski definition) is 3. The molecule has 0 aromatic carbocycles. The quantitative estimate of drug-likeness (QED) is 0.286. The average molecular weight is 301 g/mol. The summed E-state index contributed by atoms with van der Waals surface area (Å²) in [6.07, 6.45) is 18.7. The molecule has 0 amide bonds. The summed E-state index contributed by atoms with van der Waals surface area (Å²) < 4.78 is 0. The number of aliphatic hydroxyl groups is 3. The Bertz CT molecular complexity index is 199. The summed E-state index contributed by atoms with van der Waals surface area (Å²) in [6, 6.07) is 0. The summed E-state index contributed by atoms with van der Waals surface area (Å²) in [6.45, 7) is 3.86. The van der Waals surface area contributed by atoms with Gasteiger partial charge in [0.05, 0.1) is 0 Å². The van der Waals surface area contributed by atoms with E-state index in [0.29, 0.717) is 6.42 Å². The molecule has 0 unspecified atom stereocenters. The molecule has 0 saturated carbocycles. The van der Waals surface area contributed by atoms with E-state index in [0.717, 1.165) is 19.3 Å². The van der Waals surface area contributed by atoms with Gasteiger partial charge in [-0.15, -0.1) is 0 Å². The third kappa shape index (κ3) is 19.9. The third-order valence-electron chi connectivity index (χ3n) is 4.01. The maximum Gasteiger partial charge on any atom is 0.275 e. The largest absolute Gasteiger partial charge is 0.344 e. The molecule has 0 atom stereocenters. The second-order valence-corrected chi connectivity index (χ2v) is 6.33. The second kappa shape index (κ2) is 14.8. The maximum atomic E-state index is 8.73. The first kappa shape index (κ1) is 20.9. The molecule has 0 aliphatic heterocycles. The fraction of sp³-hybridized carbons (Fsp3) is 0.944. The van der Waals surface area contributed by atoms with Gasteiger partial charge in [-0.05, 0) is 6.42 Å². The van der Waals surface area contributed by atoms with E-state index in [9.17, 15) is 0 Å². The van der Waals surface area contributed by atoms with E-state index in [2.05, 4.69) is 6.92 Å². The van der Waals surface area contributed by atoms with Crippen molar-refractivity contribution in [1.82, 2.24) is 0 Å². The zero-order chi connectivity index (χ0) is 15.8. The summed E-state index contributed by atoms with van der Waals surface area (Å²) in [5.41, 5.74) is 0. The first-order valence-corrected chi connectivity index (χ1v) is 9.02. The van der Waals surface area contributed by atoms with Crippen molar-refractivity contribution in [2.75, 3.05) is 0 Å². The lowest BCUT2D eigenvalue weighted by Crippen LogP contribution is -2.26. The Morgan fingerprint density at radius 2 is 0.762 bits per heavy atom. The molecule has 1 radical (unpaired) electrons. The molecule has 0 rings (SSSR count). The molecule has 0 aliphatic rings. The highest BCUT2D eigenvalue weighted by Crippen LogP contribution is 2.14. The van der Waals surface area contributed by atoms with Gasteiger partial charge in [0.1, 0.15) is 0 Å². The van der Waals surface area contributed by atoms with E-state index in [1.807, 2.05) is 0 Å². The van der Waals surface area contributed by atoms with Crippen molar-refractivity contribution in [3.05, 3.63) is 6.92 Å². The minimum absolute atomic E-state index is 0.0573. The van der Waals surface area contributed by atoms with Gasteiger partial charge in [0.2, 0.25) is 0 Å².